The Kier molecular flexibility index (Phi) is 5.08. The van der Waals surface area contributed by atoms with Crippen molar-refractivity contribution in [2.75, 3.05) is 6.54 Å². The Balaban J connectivity index is 2.31. The molecule has 0 saturated heterocycles. The lowest BCUT2D eigenvalue weighted by molar-refractivity contribution is -0.153. The standard InChI is InChI=1S/C12H17BrN2O2/c1-12(2,3)17-11(16)8-14-7-9-5-4-6-10(13)15-9/h4-6,14H,7-8H2,1-3H3. The van der Waals surface area contributed by atoms with Crippen LogP contribution in [-0.4, -0.2) is 23.1 Å². The summed E-state index contributed by atoms with van der Waals surface area (Å²) in [5, 5.41) is 2.99. The number of halogens is 1. The Morgan fingerprint density at radius 3 is 2.76 bits per heavy atom. The summed E-state index contributed by atoms with van der Waals surface area (Å²) in [5.41, 5.74) is 0.440. The maximum Gasteiger partial charge on any atom is 0.320 e. The second kappa shape index (κ2) is 6.12. The molecule has 1 aromatic heterocycles. The van der Waals surface area contributed by atoms with E-state index in [2.05, 4.69) is 26.2 Å². The number of aromatic nitrogens is 1. The van der Waals surface area contributed by atoms with E-state index in [0.29, 0.717) is 6.54 Å². The molecule has 0 aliphatic carbocycles. The first-order chi connectivity index (χ1) is 7.87. The largest absolute Gasteiger partial charge is 0.459 e. The fourth-order valence-electron chi connectivity index (χ4n) is 1.22. The zero-order valence-corrected chi connectivity index (χ0v) is 11.9. The molecular weight excluding hydrogens is 284 g/mol. The van der Waals surface area contributed by atoms with Gasteiger partial charge in [-0.25, -0.2) is 4.98 Å². The number of ether oxygens (including phenoxy) is 1. The average molecular weight is 301 g/mol. The van der Waals surface area contributed by atoms with Crippen LogP contribution < -0.4 is 5.32 Å². The number of carbonyl (C=O) groups excluding carboxylic acids is 1. The third-order valence-electron chi connectivity index (χ3n) is 1.77. The summed E-state index contributed by atoms with van der Waals surface area (Å²) < 4.78 is 5.95. The van der Waals surface area contributed by atoms with Gasteiger partial charge < -0.3 is 10.1 Å². The van der Waals surface area contributed by atoms with Gasteiger partial charge in [-0.15, -0.1) is 0 Å². The summed E-state index contributed by atoms with van der Waals surface area (Å²) >= 11 is 3.29. The Bertz CT molecular complexity index is 388. The van der Waals surface area contributed by atoms with Crippen molar-refractivity contribution in [1.82, 2.24) is 10.3 Å². The first-order valence-corrected chi connectivity index (χ1v) is 6.20. The number of pyridine rings is 1. The van der Waals surface area contributed by atoms with E-state index in [1.54, 1.807) is 0 Å². The van der Waals surface area contributed by atoms with E-state index in [4.69, 9.17) is 4.74 Å². The summed E-state index contributed by atoms with van der Waals surface area (Å²) in [6, 6.07) is 5.66. The normalized spacial score (nSPS) is 11.3. The highest BCUT2D eigenvalue weighted by molar-refractivity contribution is 9.10. The molecule has 0 atom stereocenters. The van der Waals surface area contributed by atoms with Crippen LogP contribution in [0.15, 0.2) is 22.8 Å². The SMILES string of the molecule is CC(C)(C)OC(=O)CNCc1cccc(Br)n1. The van der Waals surface area contributed by atoms with Crippen LogP contribution in [0, 0.1) is 0 Å². The van der Waals surface area contributed by atoms with Crippen molar-refractivity contribution in [3.63, 3.8) is 0 Å². The molecule has 0 spiro atoms. The molecule has 94 valence electrons. The molecule has 1 aromatic rings. The van der Waals surface area contributed by atoms with Crippen LogP contribution in [-0.2, 0) is 16.1 Å². The second-order valence-corrected chi connectivity index (χ2v) is 5.45. The summed E-state index contributed by atoms with van der Waals surface area (Å²) in [7, 11) is 0. The Morgan fingerprint density at radius 2 is 2.18 bits per heavy atom. The van der Waals surface area contributed by atoms with Gasteiger partial charge in [0.05, 0.1) is 12.2 Å². The zero-order chi connectivity index (χ0) is 12.9. The molecule has 0 amide bonds. The minimum Gasteiger partial charge on any atom is -0.459 e. The third kappa shape index (κ3) is 6.38. The molecule has 0 saturated carbocycles. The van der Waals surface area contributed by atoms with Crippen molar-refractivity contribution in [2.45, 2.75) is 32.9 Å². The van der Waals surface area contributed by atoms with Crippen LogP contribution in [0.2, 0.25) is 0 Å². The Labute approximate surface area is 110 Å². The molecule has 1 N–H and O–H groups in total. The van der Waals surface area contributed by atoms with E-state index in [0.717, 1.165) is 10.3 Å². The highest BCUT2D eigenvalue weighted by Crippen LogP contribution is 2.07. The van der Waals surface area contributed by atoms with Gasteiger partial charge in [0, 0.05) is 6.54 Å². The van der Waals surface area contributed by atoms with E-state index in [1.807, 2.05) is 39.0 Å². The number of hydrogen-bond acceptors (Lipinski definition) is 4. The van der Waals surface area contributed by atoms with E-state index < -0.39 is 5.60 Å². The summed E-state index contributed by atoms with van der Waals surface area (Å²) in [4.78, 5) is 15.6. The van der Waals surface area contributed by atoms with Crippen LogP contribution in [0.5, 0.6) is 0 Å². The molecule has 0 fully saturated rings. The molecule has 0 bridgehead atoms. The van der Waals surface area contributed by atoms with Crippen molar-refractivity contribution < 1.29 is 9.53 Å². The minimum atomic E-state index is -0.438. The summed E-state index contributed by atoms with van der Waals surface area (Å²) in [5.74, 6) is -0.257. The lowest BCUT2D eigenvalue weighted by Gasteiger charge is -2.19. The molecule has 0 radical (unpaired) electrons. The van der Waals surface area contributed by atoms with Crippen LogP contribution in [0.3, 0.4) is 0 Å². The highest BCUT2D eigenvalue weighted by Gasteiger charge is 2.15. The van der Waals surface area contributed by atoms with Gasteiger partial charge >= 0.3 is 5.97 Å². The van der Waals surface area contributed by atoms with Gasteiger partial charge in [-0.05, 0) is 48.8 Å². The Morgan fingerprint density at radius 1 is 1.47 bits per heavy atom. The van der Waals surface area contributed by atoms with Gasteiger partial charge in [-0.3, -0.25) is 4.79 Å². The van der Waals surface area contributed by atoms with Gasteiger partial charge in [0.1, 0.15) is 10.2 Å². The maximum atomic E-state index is 11.4. The molecule has 0 unspecified atom stereocenters. The first kappa shape index (κ1) is 14.1. The molecule has 0 aliphatic rings. The summed E-state index contributed by atoms with van der Waals surface area (Å²) in [6.07, 6.45) is 0. The van der Waals surface area contributed by atoms with Crippen molar-refractivity contribution in [3.8, 4) is 0 Å². The van der Waals surface area contributed by atoms with E-state index in [-0.39, 0.29) is 12.5 Å². The van der Waals surface area contributed by atoms with Crippen LogP contribution in [0.4, 0.5) is 0 Å². The van der Waals surface area contributed by atoms with Gasteiger partial charge in [0.25, 0.3) is 0 Å². The van der Waals surface area contributed by atoms with Crippen molar-refractivity contribution >= 4 is 21.9 Å². The van der Waals surface area contributed by atoms with Crippen LogP contribution >= 0.6 is 15.9 Å². The predicted octanol–water partition coefficient (Wildman–Crippen LogP) is 2.28. The van der Waals surface area contributed by atoms with Crippen molar-refractivity contribution in [1.29, 1.82) is 0 Å². The van der Waals surface area contributed by atoms with Gasteiger partial charge in [0.2, 0.25) is 0 Å². The molecule has 4 nitrogen and oxygen atoms in total. The maximum absolute atomic E-state index is 11.4. The van der Waals surface area contributed by atoms with E-state index in [1.165, 1.54) is 0 Å². The zero-order valence-electron chi connectivity index (χ0n) is 10.3. The fraction of sp³-hybridized carbons (Fsp3) is 0.500. The number of nitrogens with zero attached hydrogens (tertiary/aromatic N) is 1. The van der Waals surface area contributed by atoms with Gasteiger partial charge in [0.15, 0.2) is 0 Å². The number of rotatable bonds is 4. The fourth-order valence-corrected chi connectivity index (χ4v) is 1.60. The van der Waals surface area contributed by atoms with Crippen LogP contribution in [0.1, 0.15) is 26.5 Å². The minimum absolute atomic E-state index is 0.186. The van der Waals surface area contributed by atoms with Crippen molar-refractivity contribution in [3.05, 3.63) is 28.5 Å². The topological polar surface area (TPSA) is 51.2 Å². The molecular formula is C12H17BrN2O2. The van der Waals surface area contributed by atoms with E-state index in [9.17, 15) is 4.79 Å². The first-order valence-electron chi connectivity index (χ1n) is 5.41. The number of carbonyl (C=O) groups is 1. The average Bonchev–Trinajstić information content (AvgIpc) is 2.14. The molecule has 1 rings (SSSR count). The Hall–Kier alpha value is -0.940. The van der Waals surface area contributed by atoms with Gasteiger partial charge in [-0.2, -0.15) is 0 Å². The van der Waals surface area contributed by atoms with E-state index >= 15 is 0 Å². The molecule has 0 aliphatic heterocycles. The third-order valence-corrected chi connectivity index (χ3v) is 2.21. The lowest BCUT2D eigenvalue weighted by Crippen LogP contribution is -2.31. The number of hydrogen-bond donors (Lipinski definition) is 1. The summed E-state index contributed by atoms with van der Waals surface area (Å²) in [6.45, 7) is 6.27. The predicted molar refractivity (Wildman–Crippen MR) is 69.5 cm³/mol. The second-order valence-electron chi connectivity index (χ2n) is 4.64. The molecule has 1 heterocycles. The molecule has 5 heteroatoms. The van der Waals surface area contributed by atoms with Crippen molar-refractivity contribution in [2.24, 2.45) is 0 Å². The monoisotopic (exact) mass is 300 g/mol. The molecule has 17 heavy (non-hydrogen) atoms. The number of nitrogens with one attached hydrogen (secondary N) is 1. The smallest absolute Gasteiger partial charge is 0.320 e. The number of esters is 1. The molecule has 0 aromatic carbocycles. The lowest BCUT2D eigenvalue weighted by atomic mass is 10.2. The van der Waals surface area contributed by atoms with Gasteiger partial charge in [-0.1, -0.05) is 6.07 Å². The quantitative estimate of drug-likeness (QED) is 0.685. The van der Waals surface area contributed by atoms with Crippen LogP contribution in [0.25, 0.3) is 0 Å². The highest BCUT2D eigenvalue weighted by atomic mass is 79.9.